The Morgan fingerprint density at radius 2 is 1.89 bits per heavy atom. The van der Waals surface area contributed by atoms with Crippen molar-refractivity contribution in [1.29, 1.82) is 5.26 Å². The van der Waals surface area contributed by atoms with Crippen molar-refractivity contribution < 1.29 is 4.79 Å². The topological polar surface area (TPSA) is 57.0 Å². The standard InChI is InChI=1S/C22H25N3O.C2H6/c1-7-10-19(8-2)20(9-3)16(4)13-17(5)22(26)25(6)21-12-11-18(14-23)15-24-21;1-2/h7-13,15H,3H2,1-2,4-6H3;1-2H3/b10-7-,17-13+,19-8+,20-16-;. The van der Waals surface area contributed by atoms with Crippen LogP contribution in [0.2, 0.25) is 0 Å². The minimum absolute atomic E-state index is 0.155. The van der Waals surface area contributed by atoms with Gasteiger partial charge < -0.3 is 0 Å². The van der Waals surface area contributed by atoms with Gasteiger partial charge in [-0.05, 0) is 56.5 Å². The number of rotatable bonds is 6. The van der Waals surface area contributed by atoms with Gasteiger partial charge in [-0.25, -0.2) is 4.98 Å². The summed E-state index contributed by atoms with van der Waals surface area (Å²) in [6.45, 7) is 15.6. The van der Waals surface area contributed by atoms with E-state index in [-0.39, 0.29) is 5.91 Å². The molecule has 4 heteroatoms. The van der Waals surface area contributed by atoms with E-state index < -0.39 is 0 Å². The molecule has 0 aliphatic heterocycles. The molecule has 0 aliphatic carbocycles. The zero-order valence-electron chi connectivity index (χ0n) is 18.1. The van der Waals surface area contributed by atoms with Gasteiger partial charge in [-0.3, -0.25) is 9.69 Å². The highest BCUT2D eigenvalue weighted by Gasteiger charge is 2.14. The summed E-state index contributed by atoms with van der Waals surface area (Å²) in [5, 5.41) is 8.84. The molecule has 0 N–H and O–H groups in total. The summed E-state index contributed by atoms with van der Waals surface area (Å²) >= 11 is 0. The molecule has 0 unspecified atom stereocenters. The van der Waals surface area contributed by atoms with E-state index in [4.69, 9.17) is 5.26 Å². The summed E-state index contributed by atoms with van der Waals surface area (Å²) in [5.74, 6) is 0.341. The van der Waals surface area contributed by atoms with E-state index in [9.17, 15) is 4.79 Å². The largest absolute Gasteiger partial charge is 0.296 e. The number of hydrogen-bond donors (Lipinski definition) is 0. The predicted octanol–water partition coefficient (Wildman–Crippen LogP) is 5.91. The quantitative estimate of drug-likeness (QED) is 0.457. The summed E-state index contributed by atoms with van der Waals surface area (Å²) in [6, 6.07) is 5.31. The van der Waals surface area contributed by atoms with Gasteiger partial charge in [0, 0.05) is 18.8 Å². The van der Waals surface area contributed by atoms with Crippen LogP contribution in [0.15, 0.2) is 77.6 Å². The number of nitriles is 1. The lowest BCUT2D eigenvalue weighted by Crippen LogP contribution is -2.27. The summed E-state index contributed by atoms with van der Waals surface area (Å²) in [7, 11) is 1.67. The maximum absolute atomic E-state index is 12.7. The maximum atomic E-state index is 12.7. The van der Waals surface area contributed by atoms with Crippen molar-refractivity contribution in [2.24, 2.45) is 0 Å². The smallest absolute Gasteiger partial charge is 0.254 e. The molecule has 1 heterocycles. The number of carbonyl (C=O) groups excluding carboxylic acids is 1. The van der Waals surface area contributed by atoms with Crippen LogP contribution in [0, 0.1) is 11.3 Å². The molecule has 0 spiro atoms. The summed E-state index contributed by atoms with van der Waals surface area (Å²) in [5.41, 5.74) is 4.04. The molecular weight excluding hydrogens is 346 g/mol. The third-order valence-electron chi connectivity index (χ3n) is 3.89. The van der Waals surface area contributed by atoms with Gasteiger partial charge in [-0.15, -0.1) is 0 Å². The van der Waals surface area contributed by atoms with Crippen LogP contribution in [0.3, 0.4) is 0 Å². The zero-order chi connectivity index (χ0) is 21.7. The first-order valence-corrected chi connectivity index (χ1v) is 9.34. The Hall–Kier alpha value is -3.19. The fourth-order valence-corrected chi connectivity index (χ4v) is 2.51. The van der Waals surface area contributed by atoms with E-state index in [1.54, 1.807) is 32.2 Å². The number of likely N-dealkylation sites (N-methyl/N-ethyl adjacent to an activating group) is 1. The number of allylic oxidation sites excluding steroid dienone is 8. The average Bonchev–Trinajstić information content (AvgIpc) is 2.73. The molecule has 1 aromatic heterocycles. The number of nitrogens with zero attached hydrogens (tertiary/aromatic N) is 3. The van der Waals surface area contributed by atoms with Gasteiger partial charge in [-0.2, -0.15) is 5.26 Å². The van der Waals surface area contributed by atoms with Crippen LogP contribution in [-0.2, 0) is 4.79 Å². The third kappa shape index (κ3) is 6.85. The SMILES string of the molecule is C=CC(=C(C)/C=C(\C)C(=O)N(C)c1ccc(C#N)cn1)/C(/C=C\C)=C/C.CC. The minimum atomic E-state index is -0.155. The Morgan fingerprint density at radius 3 is 2.32 bits per heavy atom. The lowest BCUT2D eigenvalue weighted by Gasteiger charge is -2.17. The van der Waals surface area contributed by atoms with Crippen LogP contribution in [-0.4, -0.2) is 17.9 Å². The highest BCUT2D eigenvalue weighted by molar-refractivity contribution is 6.04. The number of pyridine rings is 1. The predicted molar refractivity (Wildman–Crippen MR) is 119 cm³/mol. The van der Waals surface area contributed by atoms with E-state index in [0.29, 0.717) is 17.0 Å². The van der Waals surface area contributed by atoms with Crippen molar-refractivity contribution in [3.63, 3.8) is 0 Å². The molecule has 148 valence electrons. The first-order chi connectivity index (χ1) is 13.4. The van der Waals surface area contributed by atoms with E-state index in [1.165, 1.54) is 11.1 Å². The van der Waals surface area contributed by atoms with Gasteiger partial charge in [0.1, 0.15) is 11.9 Å². The Morgan fingerprint density at radius 1 is 1.25 bits per heavy atom. The molecule has 1 aromatic rings. The van der Waals surface area contributed by atoms with Crippen LogP contribution in [0.25, 0.3) is 0 Å². The van der Waals surface area contributed by atoms with Crippen LogP contribution in [0.4, 0.5) is 5.82 Å². The summed E-state index contributed by atoms with van der Waals surface area (Å²) < 4.78 is 0. The second-order valence-corrected chi connectivity index (χ2v) is 5.75. The number of carbonyl (C=O) groups is 1. The van der Waals surface area contributed by atoms with Gasteiger partial charge in [0.15, 0.2) is 0 Å². The zero-order valence-corrected chi connectivity index (χ0v) is 18.1. The van der Waals surface area contributed by atoms with E-state index in [0.717, 1.165) is 16.7 Å². The van der Waals surface area contributed by atoms with E-state index >= 15 is 0 Å². The normalized spacial score (nSPS) is 12.5. The first kappa shape index (κ1) is 24.8. The fraction of sp³-hybridized carbons (Fsp3) is 0.292. The molecule has 1 rings (SSSR count). The Bertz CT molecular complexity index is 832. The van der Waals surface area contributed by atoms with Crippen LogP contribution >= 0.6 is 0 Å². The molecule has 4 nitrogen and oxygen atoms in total. The molecule has 0 aromatic carbocycles. The van der Waals surface area contributed by atoms with Gasteiger partial charge in [0.2, 0.25) is 0 Å². The van der Waals surface area contributed by atoms with Crippen LogP contribution < -0.4 is 4.90 Å². The first-order valence-electron chi connectivity index (χ1n) is 9.34. The summed E-state index contributed by atoms with van der Waals surface area (Å²) in [6.07, 6.45) is 11.1. The number of anilines is 1. The Labute approximate surface area is 169 Å². The number of amides is 1. The lowest BCUT2D eigenvalue weighted by molar-refractivity contribution is -0.114. The minimum Gasteiger partial charge on any atom is -0.296 e. The molecule has 0 saturated heterocycles. The Kier molecular flexibility index (Phi) is 11.6. The van der Waals surface area contributed by atoms with Crippen LogP contribution in [0.5, 0.6) is 0 Å². The van der Waals surface area contributed by atoms with Crippen molar-refractivity contribution >= 4 is 11.7 Å². The molecule has 0 bridgehead atoms. The molecule has 28 heavy (non-hydrogen) atoms. The van der Waals surface area contributed by atoms with Crippen molar-refractivity contribution in [2.75, 3.05) is 11.9 Å². The number of hydrogen-bond acceptors (Lipinski definition) is 3. The van der Waals surface area contributed by atoms with E-state index in [1.807, 2.05) is 65.0 Å². The van der Waals surface area contributed by atoms with E-state index in [2.05, 4.69) is 11.6 Å². The highest BCUT2D eigenvalue weighted by Crippen LogP contribution is 2.20. The van der Waals surface area contributed by atoms with Crippen molar-refractivity contribution in [3.8, 4) is 6.07 Å². The maximum Gasteiger partial charge on any atom is 0.254 e. The monoisotopic (exact) mass is 377 g/mol. The Balaban J connectivity index is 0.00000352. The fourth-order valence-electron chi connectivity index (χ4n) is 2.51. The van der Waals surface area contributed by atoms with Gasteiger partial charge in [0.25, 0.3) is 5.91 Å². The molecular formula is C24H31N3O. The second kappa shape index (κ2) is 13.1. The highest BCUT2D eigenvalue weighted by atomic mass is 16.2. The van der Waals surface area contributed by atoms with Crippen molar-refractivity contribution in [2.45, 2.75) is 41.5 Å². The van der Waals surface area contributed by atoms with Gasteiger partial charge in [0.05, 0.1) is 5.56 Å². The second-order valence-electron chi connectivity index (χ2n) is 5.75. The molecule has 0 fully saturated rings. The molecule has 1 amide bonds. The molecule has 0 saturated carbocycles. The lowest BCUT2D eigenvalue weighted by atomic mass is 9.98. The van der Waals surface area contributed by atoms with Crippen LogP contribution in [0.1, 0.15) is 47.1 Å². The van der Waals surface area contributed by atoms with Gasteiger partial charge >= 0.3 is 0 Å². The molecule has 0 radical (unpaired) electrons. The van der Waals surface area contributed by atoms with Gasteiger partial charge in [-0.1, -0.05) is 50.8 Å². The number of aromatic nitrogens is 1. The molecule has 0 aliphatic rings. The molecule has 0 atom stereocenters. The summed E-state index contributed by atoms with van der Waals surface area (Å²) in [4.78, 5) is 18.3. The third-order valence-corrected chi connectivity index (χ3v) is 3.89. The van der Waals surface area contributed by atoms with Crippen molar-refractivity contribution in [3.05, 3.63) is 83.1 Å². The van der Waals surface area contributed by atoms with Crippen molar-refractivity contribution in [1.82, 2.24) is 4.98 Å². The average molecular weight is 378 g/mol.